The van der Waals surface area contributed by atoms with Crippen LogP contribution in [0.3, 0.4) is 0 Å². The molecule has 2 heterocycles. The van der Waals surface area contributed by atoms with Gasteiger partial charge in [-0.05, 0) is 67.2 Å². The number of benzene rings is 2. The van der Waals surface area contributed by atoms with Gasteiger partial charge in [0.25, 0.3) is 0 Å². The molecule has 1 aromatic heterocycles. The summed E-state index contributed by atoms with van der Waals surface area (Å²) in [5, 5.41) is 5.58. The lowest BCUT2D eigenvalue weighted by Crippen LogP contribution is -2.35. The number of hydrogen-bond donors (Lipinski definition) is 2. The van der Waals surface area contributed by atoms with E-state index in [0.29, 0.717) is 11.9 Å². The molecule has 4 rings (SSSR count). The third kappa shape index (κ3) is 4.31. The third-order valence-corrected chi connectivity index (χ3v) is 5.18. The highest BCUT2D eigenvalue weighted by Gasteiger charge is 2.17. The highest BCUT2D eigenvalue weighted by atomic mass is 16.5. The fourth-order valence-electron chi connectivity index (χ4n) is 3.51. The van der Waals surface area contributed by atoms with Gasteiger partial charge in [-0.2, -0.15) is 0 Å². The average Bonchev–Trinajstić information content (AvgIpc) is 2.69. The maximum Gasteiger partial charge on any atom is 0.131 e. The molecule has 3 aromatic rings. The Labute approximate surface area is 160 Å². The number of aromatic nitrogens is 1. The average molecular weight is 362 g/mol. The van der Waals surface area contributed by atoms with Crippen molar-refractivity contribution in [3.63, 3.8) is 0 Å². The number of hydrogen-bond acceptors (Lipinski definition) is 5. The lowest BCUT2D eigenvalue weighted by atomic mass is 10.1. The Bertz CT molecular complexity index is 902. The van der Waals surface area contributed by atoms with Crippen molar-refractivity contribution in [1.82, 2.24) is 9.88 Å². The Kier molecular flexibility index (Phi) is 5.12. The van der Waals surface area contributed by atoms with Crippen LogP contribution < -0.4 is 15.8 Å². The number of rotatable bonds is 5. The van der Waals surface area contributed by atoms with E-state index in [4.69, 9.17) is 10.5 Å². The van der Waals surface area contributed by atoms with Gasteiger partial charge in [0.05, 0.1) is 0 Å². The van der Waals surface area contributed by atoms with Gasteiger partial charge < -0.3 is 20.7 Å². The molecular formula is C22H26N4O. The molecule has 2 aromatic carbocycles. The Morgan fingerprint density at radius 2 is 1.89 bits per heavy atom. The molecule has 1 aliphatic rings. The first kappa shape index (κ1) is 17.6. The first-order valence-corrected chi connectivity index (χ1v) is 9.49. The lowest BCUT2D eigenvalue weighted by molar-refractivity contribution is 0.114. The zero-order chi connectivity index (χ0) is 18.6. The van der Waals surface area contributed by atoms with Gasteiger partial charge in [-0.3, -0.25) is 0 Å². The summed E-state index contributed by atoms with van der Waals surface area (Å²) in [4.78, 5) is 6.48. The van der Waals surface area contributed by atoms with E-state index in [1.807, 2.05) is 24.3 Å². The van der Waals surface area contributed by atoms with E-state index >= 15 is 0 Å². The van der Waals surface area contributed by atoms with Crippen molar-refractivity contribution in [2.75, 3.05) is 31.2 Å². The van der Waals surface area contributed by atoms with Crippen molar-refractivity contribution < 1.29 is 4.74 Å². The molecular weight excluding hydrogens is 336 g/mol. The first-order chi connectivity index (χ1) is 13.2. The van der Waals surface area contributed by atoms with Gasteiger partial charge in [-0.1, -0.05) is 12.1 Å². The fraction of sp³-hybridized carbons (Fsp3) is 0.318. The Morgan fingerprint density at radius 1 is 1.11 bits per heavy atom. The molecule has 0 unspecified atom stereocenters. The van der Waals surface area contributed by atoms with E-state index in [1.54, 1.807) is 6.20 Å². The van der Waals surface area contributed by atoms with Crippen LogP contribution in [0.2, 0.25) is 0 Å². The number of piperidine rings is 1. The van der Waals surface area contributed by atoms with E-state index < -0.39 is 0 Å². The third-order valence-electron chi connectivity index (χ3n) is 5.18. The lowest BCUT2D eigenvalue weighted by Gasteiger charge is -2.29. The zero-order valence-corrected chi connectivity index (χ0v) is 15.7. The molecule has 0 amide bonds. The van der Waals surface area contributed by atoms with Crippen LogP contribution in [-0.2, 0) is 6.54 Å². The number of pyridine rings is 1. The van der Waals surface area contributed by atoms with Gasteiger partial charge in [0, 0.05) is 36.9 Å². The van der Waals surface area contributed by atoms with Crippen LogP contribution in [0.25, 0.3) is 10.8 Å². The highest BCUT2D eigenvalue weighted by molar-refractivity contribution is 5.91. The van der Waals surface area contributed by atoms with Crippen LogP contribution >= 0.6 is 0 Å². The topological polar surface area (TPSA) is 63.4 Å². The summed E-state index contributed by atoms with van der Waals surface area (Å²) in [6.45, 7) is 2.98. The van der Waals surface area contributed by atoms with Gasteiger partial charge in [0.15, 0.2) is 0 Å². The van der Waals surface area contributed by atoms with Crippen molar-refractivity contribution in [3.05, 3.63) is 60.3 Å². The molecule has 5 heteroatoms. The molecule has 0 radical (unpaired) electrons. The summed E-state index contributed by atoms with van der Waals surface area (Å²) in [6, 6.07) is 16.5. The summed E-state index contributed by atoms with van der Waals surface area (Å²) in [5.41, 5.74) is 8.21. The van der Waals surface area contributed by atoms with Crippen molar-refractivity contribution >= 4 is 22.3 Å². The van der Waals surface area contributed by atoms with Gasteiger partial charge >= 0.3 is 0 Å². The molecule has 5 nitrogen and oxygen atoms in total. The van der Waals surface area contributed by atoms with E-state index in [1.165, 1.54) is 5.56 Å². The van der Waals surface area contributed by atoms with Gasteiger partial charge in [-0.15, -0.1) is 0 Å². The number of nitrogens with one attached hydrogen (secondary N) is 1. The molecule has 1 fully saturated rings. The predicted octanol–water partition coefficient (Wildman–Crippen LogP) is 3.90. The second kappa shape index (κ2) is 7.84. The molecule has 0 atom stereocenters. The van der Waals surface area contributed by atoms with Crippen LogP contribution in [0.4, 0.5) is 11.5 Å². The Balaban J connectivity index is 1.35. The maximum atomic E-state index is 6.11. The molecule has 0 spiro atoms. The first-order valence-electron chi connectivity index (χ1n) is 9.49. The van der Waals surface area contributed by atoms with Crippen LogP contribution in [-0.4, -0.2) is 36.1 Å². The minimum absolute atomic E-state index is 0.333. The predicted molar refractivity (Wildman–Crippen MR) is 111 cm³/mol. The van der Waals surface area contributed by atoms with Crippen LogP contribution in [0, 0.1) is 0 Å². The molecule has 3 N–H and O–H groups in total. The summed E-state index contributed by atoms with van der Waals surface area (Å²) in [7, 11) is 2.16. The molecule has 27 heavy (non-hydrogen) atoms. The number of likely N-dealkylation sites (tertiary alicyclic amines) is 1. The molecule has 1 aliphatic heterocycles. The SMILES string of the molecule is CN1CCC(Oc2ccc(NCc3ccc4c(N)nccc4c3)cc2)CC1. The van der Waals surface area contributed by atoms with Crippen molar-refractivity contribution in [3.8, 4) is 5.75 Å². The quantitative estimate of drug-likeness (QED) is 0.721. The standard InChI is InChI=1S/C22H26N4O/c1-26-12-9-20(10-13-26)27-19-5-3-18(4-6-19)25-15-16-2-7-21-17(14-16)8-11-24-22(21)23/h2-8,11,14,20,25H,9-10,12-13,15H2,1H3,(H2,23,24). The zero-order valence-electron chi connectivity index (χ0n) is 15.7. The maximum absolute atomic E-state index is 6.11. The number of ether oxygens (including phenoxy) is 1. The van der Waals surface area contributed by atoms with E-state index in [-0.39, 0.29) is 0 Å². The van der Waals surface area contributed by atoms with E-state index in [9.17, 15) is 0 Å². The van der Waals surface area contributed by atoms with Crippen molar-refractivity contribution in [2.45, 2.75) is 25.5 Å². The molecule has 0 bridgehead atoms. The van der Waals surface area contributed by atoms with E-state index in [2.05, 4.69) is 46.5 Å². The van der Waals surface area contributed by atoms with Gasteiger partial charge in [-0.25, -0.2) is 4.98 Å². The second-order valence-corrected chi connectivity index (χ2v) is 7.25. The summed E-state index contributed by atoms with van der Waals surface area (Å²) >= 11 is 0. The molecule has 1 saturated heterocycles. The minimum Gasteiger partial charge on any atom is -0.490 e. The number of fused-ring (bicyclic) bond motifs is 1. The van der Waals surface area contributed by atoms with Gasteiger partial charge in [0.2, 0.25) is 0 Å². The number of nitrogens with two attached hydrogens (primary N) is 1. The van der Waals surface area contributed by atoms with Crippen LogP contribution in [0.1, 0.15) is 18.4 Å². The van der Waals surface area contributed by atoms with Crippen LogP contribution in [0.15, 0.2) is 54.7 Å². The normalized spacial score (nSPS) is 15.7. The molecule has 0 aliphatic carbocycles. The van der Waals surface area contributed by atoms with Gasteiger partial charge in [0.1, 0.15) is 17.7 Å². The van der Waals surface area contributed by atoms with Crippen molar-refractivity contribution in [1.29, 1.82) is 0 Å². The summed E-state index contributed by atoms with van der Waals surface area (Å²) in [6.07, 6.45) is 4.27. The fourth-order valence-corrected chi connectivity index (χ4v) is 3.51. The highest BCUT2D eigenvalue weighted by Crippen LogP contribution is 2.23. The monoisotopic (exact) mass is 362 g/mol. The largest absolute Gasteiger partial charge is 0.490 e. The Hall–Kier alpha value is -2.79. The number of anilines is 2. The summed E-state index contributed by atoms with van der Waals surface area (Å²) < 4.78 is 6.11. The Morgan fingerprint density at radius 3 is 2.67 bits per heavy atom. The smallest absolute Gasteiger partial charge is 0.131 e. The second-order valence-electron chi connectivity index (χ2n) is 7.25. The molecule has 0 saturated carbocycles. The van der Waals surface area contributed by atoms with Crippen molar-refractivity contribution in [2.24, 2.45) is 0 Å². The summed E-state index contributed by atoms with van der Waals surface area (Å²) in [5.74, 6) is 1.52. The molecule has 140 valence electrons. The number of nitrogen functional groups attached to an aromatic ring is 1. The van der Waals surface area contributed by atoms with Crippen LogP contribution in [0.5, 0.6) is 5.75 Å². The van der Waals surface area contributed by atoms with E-state index in [0.717, 1.165) is 54.7 Å². The minimum atomic E-state index is 0.333. The number of nitrogens with zero attached hydrogens (tertiary/aromatic N) is 2.